The molecular weight excluding hydrogens is 382 g/mol. The predicted octanol–water partition coefficient (Wildman–Crippen LogP) is 5.60. The number of rotatable bonds is 5. The molecule has 0 radical (unpaired) electrons. The van der Waals surface area contributed by atoms with Crippen LogP contribution >= 0.6 is 11.8 Å². The van der Waals surface area contributed by atoms with Crippen LogP contribution in [0.5, 0.6) is 5.75 Å². The van der Waals surface area contributed by atoms with Crippen molar-refractivity contribution in [3.8, 4) is 16.9 Å². The average Bonchev–Trinajstić information content (AvgIpc) is 3.02. The number of imide groups is 1. The Bertz CT molecular complexity index is 1090. The lowest BCUT2D eigenvalue weighted by Crippen LogP contribution is -2.27. The van der Waals surface area contributed by atoms with Gasteiger partial charge in [-0.3, -0.25) is 14.5 Å². The summed E-state index contributed by atoms with van der Waals surface area (Å²) < 4.78 is 5.30. The van der Waals surface area contributed by atoms with Gasteiger partial charge in [0.15, 0.2) is 0 Å². The predicted molar refractivity (Wildman–Crippen MR) is 116 cm³/mol. The Kier molecular flexibility index (Phi) is 5.49. The van der Waals surface area contributed by atoms with Crippen LogP contribution in [0.25, 0.3) is 17.2 Å². The van der Waals surface area contributed by atoms with E-state index in [1.807, 2.05) is 78.9 Å². The first-order valence-corrected chi connectivity index (χ1v) is 9.99. The summed E-state index contributed by atoms with van der Waals surface area (Å²) in [6.45, 7) is 0.284. The summed E-state index contributed by atoms with van der Waals surface area (Å²) in [5, 5.41) is -0.242. The van der Waals surface area contributed by atoms with E-state index in [9.17, 15) is 9.59 Å². The molecule has 4 rings (SSSR count). The van der Waals surface area contributed by atoms with Crippen molar-refractivity contribution in [3.63, 3.8) is 0 Å². The summed E-state index contributed by atoms with van der Waals surface area (Å²) in [7, 11) is 1.64. The Hall–Kier alpha value is -3.31. The van der Waals surface area contributed by atoms with Crippen LogP contribution in [0.1, 0.15) is 11.1 Å². The second-order valence-corrected chi connectivity index (χ2v) is 7.60. The molecule has 5 heteroatoms. The zero-order valence-electron chi connectivity index (χ0n) is 15.9. The van der Waals surface area contributed by atoms with Gasteiger partial charge in [0.25, 0.3) is 11.1 Å². The van der Waals surface area contributed by atoms with Crippen molar-refractivity contribution >= 4 is 29.0 Å². The first-order valence-electron chi connectivity index (χ1n) is 9.18. The van der Waals surface area contributed by atoms with Crippen molar-refractivity contribution in [3.05, 3.63) is 94.9 Å². The van der Waals surface area contributed by atoms with Crippen LogP contribution < -0.4 is 4.74 Å². The van der Waals surface area contributed by atoms with Gasteiger partial charge in [0.05, 0.1) is 18.6 Å². The quantitative estimate of drug-likeness (QED) is 0.522. The van der Waals surface area contributed by atoms with E-state index in [0.717, 1.165) is 39.8 Å². The molecule has 4 nitrogen and oxygen atoms in total. The van der Waals surface area contributed by atoms with Gasteiger partial charge in [-0.1, -0.05) is 60.7 Å². The number of thioether (sulfide) groups is 1. The molecule has 29 heavy (non-hydrogen) atoms. The number of carbonyl (C=O) groups excluding carboxylic acids is 2. The topological polar surface area (TPSA) is 46.6 Å². The third-order valence-electron chi connectivity index (χ3n) is 4.64. The number of methoxy groups -OCH3 is 1. The van der Waals surface area contributed by atoms with Crippen LogP contribution in [0.3, 0.4) is 0 Å². The Morgan fingerprint density at radius 3 is 2.38 bits per heavy atom. The number of ether oxygens (including phenoxy) is 1. The number of hydrogen-bond acceptors (Lipinski definition) is 4. The monoisotopic (exact) mass is 401 g/mol. The minimum atomic E-state index is -0.254. The van der Waals surface area contributed by atoms with Gasteiger partial charge in [-0.05, 0) is 58.3 Å². The molecule has 0 bridgehead atoms. The molecule has 1 aliphatic heterocycles. The molecule has 3 aromatic rings. The Morgan fingerprint density at radius 2 is 1.62 bits per heavy atom. The Labute approximate surface area is 173 Å². The number of nitrogens with zero attached hydrogens (tertiary/aromatic N) is 1. The summed E-state index contributed by atoms with van der Waals surface area (Å²) in [6.07, 6.45) is 1.78. The lowest BCUT2D eigenvalue weighted by Gasteiger charge is -2.12. The number of hydrogen-bond donors (Lipinski definition) is 0. The van der Waals surface area contributed by atoms with E-state index in [1.54, 1.807) is 13.2 Å². The highest BCUT2D eigenvalue weighted by atomic mass is 32.2. The van der Waals surface area contributed by atoms with Crippen molar-refractivity contribution in [1.29, 1.82) is 0 Å². The van der Waals surface area contributed by atoms with Gasteiger partial charge in [0.1, 0.15) is 5.75 Å². The number of benzene rings is 3. The second-order valence-electron chi connectivity index (χ2n) is 6.61. The van der Waals surface area contributed by atoms with Gasteiger partial charge < -0.3 is 4.74 Å². The third-order valence-corrected chi connectivity index (χ3v) is 5.55. The van der Waals surface area contributed by atoms with Crippen LogP contribution in [0.4, 0.5) is 4.79 Å². The van der Waals surface area contributed by atoms with Crippen LogP contribution in [0.2, 0.25) is 0 Å². The molecular formula is C24H19NO3S. The molecule has 0 N–H and O–H groups in total. The van der Waals surface area contributed by atoms with Gasteiger partial charge in [0, 0.05) is 0 Å². The molecule has 0 aromatic heterocycles. The first-order chi connectivity index (χ1) is 14.1. The molecule has 144 valence electrons. The molecule has 0 unspecified atom stereocenters. The minimum Gasteiger partial charge on any atom is -0.497 e. The lowest BCUT2D eigenvalue weighted by molar-refractivity contribution is -0.123. The molecule has 0 saturated carbocycles. The highest BCUT2D eigenvalue weighted by Gasteiger charge is 2.34. The fraction of sp³-hybridized carbons (Fsp3) is 0.0833. The molecule has 0 atom stereocenters. The highest BCUT2D eigenvalue weighted by Crippen LogP contribution is 2.34. The molecule has 0 spiro atoms. The van der Waals surface area contributed by atoms with Crippen LogP contribution in [0.15, 0.2) is 83.8 Å². The van der Waals surface area contributed by atoms with Crippen molar-refractivity contribution in [2.45, 2.75) is 6.54 Å². The SMILES string of the molecule is COc1cccc(-c2cccc(/C=C3\SC(=O)N(Cc4ccccc4)C3=O)c2)c1. The summed E-state index contributed by atoms with van der Waals surface area (Å²) in [5.74, 6) is 0.533. The van der Waals surface area contributed by atoms with E-state index in [0.29, 0.717) is 4.91 Å². The van der Waals surface area contributed by atoms with Crippen LogP contribution in [-0.4, -0.2) is 23.2 Å². The van der Waals surface area contributed by atoms with E-state index in [-0.39, 0.29) is 17.7 Å². The standard InChI is InChI=1S/C24H19NO3S/c1-28-21-12-6-11-20(15-21)19-10-5-9-18(13-19)14-22-23(26)25(24(27)29-22)16-17-7-3-2-4-8-17/h2-15H,16H2,1H3/b22-14-. The molecule has 1 saturated heterocycles. The fourth-order valence-corrected chi connectivity index (χ4v) is 4.00. The normalized spacial score (nSPS) is 15.2. The Morgan fingerprint density at radius 1 is 0.897 bits per heavy atom. The molecule has 1 heterocycles. The fourth-order valence-electron chi connectivity index (χ4n) is 3.16. The van der Waals surface area contributed by atoms with E-state index in [2.05, 4.69) is 0 Å². The van der Waals surface area contributed by atoms with Crippen molar-refractivity contribution < 1.29 is 14.3 Å². The second kappa shape index (κ2) is 8.37. The van der Waals surface area contributed by atoms with Gasteiger partial charge >= 0.3 is 0 Å². The first kappa shape index (κ1) is 19.0. The zero-order valence-corrected chi connectivity index (χ0v) is 16.7. The number of carbonyl (C=O) groups is 2. The third kappa shape index (κ3) is 4.25. The average molecular weight is 401 g/mol. The van der Waals surface area contributed by atoms with Gasteiger partial charge in [-0.2, -0.15) is 0 Å². The molecule has 2 amide bonds. The molecule has 1 aliphatic rings. The Balaban J connectivity index is 1.58. The van der Waals surface area contributed by atoms with Crippen molar-refractivity contribution in [1.82, 2.24) is 4.90 Å². The maximum Gasteiger partial charge on any atom is 0.293 e. The summed E-state index contributed by atoms with van der Waals surface area (Å²) in [4.78, 5) is 26.9. The van der Waals surface area contributed by atoms with Gasteiger partial charge in [-0.15, -0.1) is 0 Å². The minimum absolute atomic E-state index is 0.242. The van der Waals surface area contributed by atoms with Crippen LogP contribution in [0, 0.1) is 0 Å². The maximum atomic E-state index is 12.8. The van der Waals surface area contributed by atoms with Gasteiger partial charge in [-0.25, -0.2) is 0 Å². The van der Waals surface area contributed by atoms with Crippen molar-refractivity contribution in [2.24, 2.45) is 0 Å². The lowest BCUT2D eigenvalue weighted by atomic mass is 10.0. The molecule has 0 aliphatic carbocycles. The largest absolute Gasteiger partial charge is 0.497 e. The summed E-state index contributed by atoms with van der Waals surface area (Å²) in [6, 6.07) is 25.2. The highest BCUT2D eigenvalue weighted by molar-refractivity contribution is 8.18. The van der Waals surface area contributed by atoms with E-state index in [4.69, 9.17) is 4.74 Å². The van der Waals surface area contributed by atoms with E-state index in [1.165, 1.54) is 4.90 Å². The molecule has 1 fully saturated rings. The zero-order chi connectivity index (χ0) is 20.2. The summed E-state index contributed by atoms with van der Waals surface area (Å²) in [5.41, 5.74) is 3.84. The smallest absolute Gasteiger partial charge is 0.293 e. The van der Waals surface area contributed by atoms with Crippen LogP contribution in [-0.2, 0) is 11.3 Å². The van der Waals surface area contributed by atoms with E-state index < -0.39 is 0 Å². The van der Waals surface area contributed by atoms with Crippen molar-refractivity contribution in [2.75, 3.05) is 7.11 Å². The summed E-state index contributed by atoms with van der Waals surface area (Å²) >= 11 is 0.982. The molecule has 3 aromatic carbocycles. The number of amides is 2. The van der Waals surface area contributed by atoms with E-state index >= 15 is 0 Å². The van der Waals surface area contributed by atoms with Gasteiger partial charge in [0.2, 0.25) is 0 Å². The maximum absolute atomic E-state index is 12.8.